The average Bonchev–Trinajstić information content (AvgIpc) is 3.67. The van der Waals surface area contributed by atoms with Gasteiger partial charge in [-0.3, -0.25) is 0 Å². The molecule has 0 saturated heterocycles. The van der Waals surface area contributed by atoms with Gasteiger partial charge in [0.1, 0.15) is 0 Å². The molecule has 0 aliphatic heterocycles. The lowest BCUT2D eigenvalue weighted by molar-refractivity contribution is 0.433. The number of allylic oxidation sites excluding steroid dienone is 4. The van der Waals surface area contributed by atoms with Crippen molar-refractivity contribution in [3.8, 4) is 0 Å². The number of hydrogen-bond acceptors (Lipinski definition) is 1. The average molecular weight is 693 g/mol. The molecule has 54 heavy (non-hydrogen) atoms. The molecule has 2 aliphatic carbocycles. The van der Waals surface area contributed by atoms with Crippen LogP contribution in [0.4, 0.5) is 17.1 Å². The van der Waals surface area contributed by atoms with Crippen molar-refractivity contribution in [3.63, 3.8) is 0 Å². The maximum absolute atomic E-state index is 2.63. The molecule has 0 fully saturated rings. The number of benzene rings is 8. The molecule has 2 atom stereocenters. The van der Waals surface area contributed by atoms with Crippen LogP contribution in [0.25, 0.3) is 59.7 Å². The quantitative estimate of drug-likeness (QED) is 0.167. The molecule has 258 valence electrons. The van der Waals surface area contributed by atoms with Gasteiger partial charge in [-0.2, -0.15) is 0 Å². The molecule has 2 nitrogen and oxygen atoms in total. The molecule has 2 unspecified atom stereocenters. The number of hydrogen-bond donors (Lipinski definition) is 0. The van der Waals surface area contributed by atoms with Crippen LogP contribution >= 0.6 is 0 Å². The summed E-state index contributed by atoms with van der Waals surface area (Å²) in [4.78, 5) is 2.47. The van der Waals surface area contributed by atoms with E-state index in [9.17, 15) is 0 Å². The van der Waals surface area contributed by atoms with E-state index < -0.39 is 0 Å². The van der Waals surface area contributed by atoms with Crippen LogP contribution in [0, 0.1) is 5.92 Å². The van der Waals surface area contributed by atoms with Gasteiger partial charge in [0, 0.05) is 44.4 Å². The molecule has 0 bridgehead atoms. The monoisotopic (exact) mass is 692 g/mol. The fraction of sp³-hybridized carbons (Fsp3) is 0.115. The zero-order chi connectivity index (χ0) is 36.1. The van der Waals surface area contributed by atoms with E-state index in [1.165, 1.54) is 76.5 Å². The van der Waals surface area contributed by atoms with E-state index in [0.29, 0.717) is 5.92 Å². The molecule has 1 aromatic heterocycles. The van der Waals surface area contributed by atoms with Gasteiger partial charge in [0.05, 0.1) is 17.2 Å². The Bertz CT molecular complexity index is 3000. The molecular weight excluding hydrogens is 653 g/mol. The van der Waals surface area contributed by atoms with Crippen molar-refractivity contribution < 1.29 is 0 Å². The molecule has 11 rings (SSSR count). The molecule has 8 aromatic carbocycles. The first-order valence-electron chi connectivity index (χ1n) is 19.2. The number of fused-ring (bicyclic) bond motifs is 11. The zero-order valence-electron chi connectivity index (χ0n) is 30.8. The highest BCUT2D eigenvalue weighted by molar-refractivity contribution is 6.28. The van der Waals surface area contributed by atoms with Crippen LogP contribution in [0.3, 0.4) is 0 Å². The summed E-state index contributed by atoms with van der Waals surface area (Å²) in [5, 5.41) is 10.2. The van der Waals surface area contributed by atoms with Crippen LogP contribution < -0.4 is 4.90 Å². The van der Waals surface area contributed by atoms with Gasteiger partial charge in [0.15, 0.2) is 0 Å². The Morgan fingerprint density at radius 2 is 1.11 bits per heavy atom. The second-order valence-corrected chi connectivity index (χ2v) is 15.7. The summed E-state index contributed by atoms with van der Waals surface area (Å²) in [6.07, 6.45) is 4.89. The molecular formula is C52H40N2. The summed E-state index contributed by atoms with van der Waals surface area (Å²) in [5.74, 6) is 0.304. The molecule has 2 heteroatoms. The smallest absolute Gasteiger partial charge is 0.0589 e. The Balaban J connectivity index is 1.16. The fourth-order valence-electron chi connectivity index (χ4n) is 10.3. The van der Waals surface area contributed by atoms with Crippen molar-refractivity contribution in [2.45, 2.75) is 32.2 Å². The molecule has 0 amide bonds. The van der Waals surface area contributed by atoms with Gasteiger partial charge in [0.2, 0.25) is 0 Å². The molecule has 1 heterocycles. The third kappa shape index (κ3) is 4.28. The first kappa shape index (κ1) is 31.2. The summed E-state index contributed by atoms with van der Waals surface area (Å²) in [7, 11) is 0. The molecule has 0 saturated carbocycles. The van der Waals surface area contributed by atoms with Crippen LogP contribution in [-0.4, -0.2) is 4.57 Å². The third-order valence-electron chi connectivity index (χ3n) is 12.5. The van der Waals surface area contributed by atoms with E-state index in [4.69, 9.17) is 0 Å². The lowest BCUT2D eigenvalue weighted by Gasteiger charge is -2.36. The van der Waals surface area contributed by atoms with Crippen molar-refractivity contribution in [3.05, 3.63) is 193 Å². The van der Waals surface area contributed by atoms with Gasteiger partial charge in [-0.1, -0.05) is 160 Å². The predicted octanol–water partition coefficient (Wildman–Crippen LogP) is 14.2. The van der Waals surface area contributed by atoms with Crippen LogP contribution in [0.5, 0.6) is 0 Å². The summed E-state index contributed by atoms with van der Waals surface area (Å²) in [6, 6.07) is 60.7. The standard InChI is InChI=1S/C52H40N2/c1-33-46(31-30-44-39-21-11-13-25-45(39)52(2,3)51(33)44)54-47-26-14-12-22-40(47)41-29-28-35(32-49(41)54)53(34-16-5-4-6-17-34)48-27-15-24-43-38-19-8-7-18-36(38)37-20-9-10-23-42(37)50(43)48/h4-33,46H,1-3H3. The van der Waals surface area contributed by atoms with E-state index in [1.807, 2.05) is 0 Å². The van der Waals surface area contributed by atoms with E-state index in [2.05, 4.69) is 206 Å². The summed E-state index contributed by atoms with van der Waals surface area (Å²) in [6.45, 7) is 7.28. The topological polar surface area (TPSA) is 8.17 Å². The highest BCUT2D eigenvalue weighted by atomic mass is 15.1. The molecule has 9 aromatic rings. The minimum atomic E-state index is -0.0380. The molecule has 2 aliphatic rings. The van der Waals surface area contributed by atoms with Crippen LogP contribution in [-0.2, 0) is 5.41 Å². The van der Waals surface area contributed by atoms with Gasteiger partial charge in [-0.05, 0) is 85.6 Å². The van der Waals surface area contributed by atoms with Crippen molar-refractivity contribution >= 4 is 76.8 Å². The SMILES string of the molecule is CC1C2=C(C=CC1n1c3ccccc3c3ccc(N(c4ccccc4)c4cccc5c6ccccc6c6ccccc6c45)cc31)c1ccccc1C2(C)C. The lowest BCUT2D eigenvalue weighted by Crippen LogP contribution is -2.28. The maximum Gasteiger partial charge on any atom is 0.0589 e. The Morgan fingerprint density at radius 3 is 1.87 bits per heavy atom. The van der Waals surface area contributed by atoms with Crippen LogP contribution in [0.1, 0.15) is 37.9 Å². The Hall–Kier alpha value is -6.38. The predicted molar refractivity (Wildman–Crippen MR) is 230 cm³/mol. The first-order chi connectivity index (χ1) is 26.5. The Morgan fingerprint density at radius 1 is 0.519 bits per heavy atom. The number of para-hydroxylation sites is 2. The van der Waals surface area contributed by atoms with E-state index >= 15 is 0 Å². The highest BCUT2D eigenvalue weighted by Gasteiger charge is 2.43. The van der Waals surface area contributed by atoms with Gasteiger partial charge in [-0.15, -0.1) is 0 Å². The summed E-state index contributed by atoms with van der Waals surface area (Å²) >= 11 is 0. The van der Waals surface area contributed by atoms with E-state index in [0.717, 1.165) is 11.4 Å². The second kappa shape index (κ2) is 11.6. The molecule has 0 radical (unpaired) electrons. The zero-order valence-corrected chi connectivity index (χ0v) is 30.8. The largest absolute Gasteiger partial charge is 0.333 e. The number of anilines is 3. The van der Waals surface area contributed by atoms with Gasteiger partial charge in [0.25, 0.3) is 0 Å². The third-order valence-corrected chi connectivity index (χ3v) is 12.5. The van der Waals surface area contributed by atoms with Gasteiger partial charge in [-0.25, -0.2) is 0 Å². The van der Waals surface area contributed by atoms with E-state index in [1.54, 1.807) is 5.57 Å². The van der Waals surface area contributed by atoms with Crippen molar-refractivity contribution in [2.75, 3.05) is 4.90 Å². The summed E-state index contributed by atoms with van der Waals surface area (Å²) < 4.78 is 2.63. The lowest BCUT2D eigenvalue weighted by atomic mass is 9.72. The summed E-state index contributed by atoms with van der Waals surface area (Å²) in [5.41, 5.74) is 11.7. The Kier molecular flexibility index (Phi) is 6.67. The maximum atomic E-state index is 2.63. The Labute approximate surface area is 315 Å². The van der Waals surface area contributed by atoms with E-state index in [-0.39, 0.29) is 11.5 Å². The van der Waals surface area contributed by atoms with Crippen molar-refractivity contribution in [2.24, 2.45) is 5.92 Å². The number of rotatable bonds is 4. The second-order valence-electron chi connectivity index (χ2n) is 15.7. The van der Waals surface area contributed by atoms with Crippen LogP contribution in [0.15, 0.2) is 182 Å². The van der Waals surface area contributed by atoms with Gasteiger partial charge >= 0.3 is 0 Å². The first-order valence-corrected chi connectivity index (χ1v) is 19.2. The van der Waals surface area contributed by atoms with Crippen LogP contribution in [0.2, 0.25) is 0 Å². The highest BCUT2D eigenvalue weighted by Crippen LogP contribution is 2.55. The minimum Gasteiger partial charge on any atom is -0.333 e. The normalized spacial score (nSPS) is 17.5. The van der Waals surface area contributed by atoms with Gasteiger partial charge < -0.3 is 9.47 Å². The van der Waals surface area contributed by atoms with Crippen molar-refractivity contribution in [1.29, 1.82) is 0 Å². The van der Waals surface area contributed by atoms with Crippen molar-refractivity contribution in [1.82, 2.24) is 4.57 Å². The minimum absolute atomic E-state index is 0.0380. The fourth-order valence-corrected chi connectivity index (χ4v) is 10.3. The molecule has 0 spiro atoms. The molecule has 0 N–H and O–H groups in total. The number of nitrogens with zero attached hydrogens (tertiary/aromatic N) is 2. The number of aromatic nitrogens is 1.